The minimum absolute atomic E-state index is 0.0439. The summed E-state index contributed by atoms with van der Waals surface area (Å²) < 4.78 is 6.89. The summed E-state index contributed by atoms with van der Waals surface area (Å²) >= 11 is 12.2. The molecule has 0 spiro atoms. The van der Waals surface area contributed by atoms with E-state index in [-0.39, 0.29) is 29.6 Å². The molecule has 0 saturated carbocycles. The van der Waals surface area contributed by atoms with E-state index in [1.54, 1.807) is 49.5 Å². The maximum Gasteiger partial charge on any atom is 0.254 e. The van der Waals surface area contributed by atoms with Crippen LogP contribution in [-0.2, 0) is 11.2 Å². The van der Waals surface area contributed by atoms with Gasteiger partial charge in [-0.05, 0) is 43.7 Å². The monoisotopic (exact) mass is 526 g/mol. The third-order valence-electron chi connectivity index (χ3n) is 5.81. The summed E-state index contributed by atoms with van der Waals surface area (Å²) in [6.45, 7) is 5.57. The third-order valence-corrected chi connectivity index (χ3v) is 6.36. The van der Waals surface area contributed by atoms with Gasteiger partial charge in [-0.2, -0.15) is 5.10 Å². The van der Waals surface area contributed by atoms with E-state index in [0.717, 1.165) is 0 Å². The first-order chi connectivity index (χ1) is 17.1. The molecular formula is C25H24Cl2N6O3. The molecule has 0 saturated heterocycles. The molecule has 3 heterocycles. The van der Waals surface area contributed by atoms with Crippen LogP contribution in [0.1, 0.15) is 54.4 Å². The number of aromatic nitrogens is 4. The van der Waals surface area contributed by atoms with Crippen LogP contribution in [0.4, 0.5) is 5.82 Å². The van der Waals surface area contributed by atoms with Gasteiger partial charge >= 0.3 is 0 Å². The van der Waals surface area contributed by atoms with Crippen molar-refractivity contribution in [3.8, 4) is 22.6 Å². The van der Waals surface area contributed by atoms with Gasteiger partial charge < -0.3 is 16.0 Å². The van der Waals surface area contributed by atoms with Crippen molar-refractivity contribution >= 4 is 40.7 Å². The smallest absolute Gasteiger partial charge is 0.254 e. The van der Waals surface area contributed by atoms with Gasteiger partial charge in [-0.25, -0.2) is 4.68 Å². The standard InChI is InChI=1S/C25H24Cl2N6O3/c1-12(2)33-24(28)22(25(29)35)23(31-33)19-7-4-14(11-30-19)13(3)21(34)10-16-9-20(32-36-16)17-6-5-15(26)8-18(17)27/h4-9,11-13H,10,28H2,1-3H3,(H2,29,35). The maximum absolute atomic E-state index is 12.9. The van der Waals surface area contributed by atoms with E-state index in [9.17, 15) is 9.59 Å². The highest BCUT2D eigenvalue weighted by Crippen LogP contribution is 2.31. The molecule has 36 heavy (non-hydrogen) atoms. The highest BCUT2D eigenvalue weighted by atomic mass is 35.5. The Morgan fingerprint density at radius 1 is 1.08 bits per heavy atom. The number of pyridine rings is 1. The number of primary amides is 1. The molecule has 3 aromatic heterocycles. The van der Waals surface area contributed by atoms with Gasteiger partial charge in [-0.1, -0.05) is 41.3 Å². The predicted octanol–water partition coefficient (Wildman–Crippen LogP) is 5.08. The van der Waals surface area contributed by atoms with Gasteiger partial charge in [0.2, 0.25) is 0 Å². The van der Waals surface area contributed by atoms with Crippen molar-refractivity contribution in [3.63, 3.8) is 0 Å². The quantitative estimate of drug-likeness (QED) is 0.325. The van der Waals surface area contributed by atoms with E-state index < -0.39 is 11.8 Å². The zero-order valence-corrected chi connectivity index (χ0v) is 21.3. The van der Waals surface area contributed by atoms with Crippen molar-refractivity contribution < 1.29 is 14.1 Å². The molecule has 1 unspecified atom stereocenters. The Bertz CT molecular complexity index is 1440. The van der Waals surface area contributed by atoms with Crippen LogP contribution in [-0.4, -0.2) is 31.6 Å². The fourth-order valence-electron chi connectivity index (χ4n) is 3.80. The van der Waals surface area contributed by atoms with Crippen molar-refractivity contribution in [1.82, 2.24) is 19.9 Å². The summed E-state index contributed by atoms with van der Waals surface area (Å²) in [5.41, 5.74) is 14.3. The first kappa shape index (κ1) is 25.4. The minimum Gasteiger partial charge on any atom is -0.383 e. The molecule has 0 bridgehead atoms. The number of nitrogen functional groups attached to an aromatic ring is 1. The van der Waals surface area contributed by atoms with Crippen molar-refractivity contribution in [3.05, 3.63) is 69.5 Å². The fourth-order valence-corrected chi connectivity index (χ4v) is 4.30. The van der Waals surface area contributed by atoms with E-state index >= 15 is 0 Å². The third kappa shape index (κ3) is 4.98. The molecule has 11 heteroatoms. The molecule has 0 radical (unpaired) electrons. The molecule has 0 aliphatic rings. The lowest BCUT2D eigenvalue weighted by Crippen LogP contribution is -2.15. The number of nitrogens with zero attached hydrogens (tertiary/aromatic N) is 4. The Kier molecular flexibility index (Phi) is 7.14. The van der Waals surface area contributed by atoms with E-state index in [1.165, 1.54) is 4.68 Å². The Hall–Kier alpha value is -3.69. The van der Waals surface area contributed by atoms with Crippen LogP contribution in [0.5, 0.6) is 0 Å². The SMILES string of the molecule is CC(C(=O)Cc1cc(-c2ccc(Cl)cc2Cl)no1)c1ccc(-c2nn(C(C)C)c(N)c2C(N)=O)nc1. The molecule has 9 nitrogen and oxygen atoms in total. The molecule has 4 rings (SSSR count). The summed E-state index contributed by atoms with van der Waals surface area (Å²) in [4.78, 5) is 29.4. The molecule has 1 atom stereocenters. The van der Waals surface area contributed by atoms with Gasteiger partial charge in [0.25, 0.3) is 5.91 Å². The zero-order valence-electron chi connectivity index (χ0n) is 19.8. The number of ketones is 1. The maximum atomic E-state index is 12.9. The number of rotatable bonds is 8. The number of anilines is 1. The van der Waals surface area contributed by atoms with Crippen LogP contribution in [0.15, 0.2) is 47.1 Å². The van der Waals surface area contributed by atoms with Crippen molar-refractivity contribution in [1.29, 1.82) is 0 Å². The highest BCUT2D eigenvalue weighted by molar-refractivity contribution is 6.36. The Morgan fingerprint density at radius 3 is 2.44 bits per heavy atom. The van der Waals surface area contributed by atoms with E-state index in [2.05, 4.69) is 15.2 Å². The molecule has 4 aromatic rings. The molecule has 4 N–H and O–H groups in total. The van der Waals surface area contributed by atoms with Gasteiger partial charge in [-0.15, -0.1) is 0 Å². The Morgan fingerprint density at radius 2 is 1.83 bits per heavy atom. The normalized spacial score (nSPS) is 12.2. The Labute approximate surface area is 217 Å². The topological polar surface area (TPSA) is 143 Å². The molecule has 1 amide bonds. The van der Waals surface area contributed by atoms with E-state index in [4.69, 9.17) is 39.2 Å². The van der Waals surface area contributed by atoms with Gasteiger partial charge in [0.15, 0.2) is 0 Å². The van der Waals surface area contributed by atoms with Crippen LogP contribution in [0.2, 0.25) is 10.0 Å². The number of hydrogen-bond acceptors (Lipinski definition) is 7. The van der Waals surface area contributed by atoms with Crippen LogP contribution in [0, 0.1) is 0 Å². The minimum atomic E-state index is -0.685. The van der Waals surface area contributed by atoms with Crippen LogP contribution >= 0.6 is 23.2 Å². The average molecular weight is 527 g/mol. The molecule has 1 aromatic carbocycles. The van der Waals surface area contributed by atoms with Crippen molar-refractivity contribution in [2.24, 2.45) is 5.73 Å². The number of halogens is 2. The van der Waals surface area contributed by atoms with Gasteiger partial charge in [-0.3, -0.25) is 14.6 Å². The molecule has 0 aliphatic carbocycles. The summed E-state index contributed by atoms with van der Waals surface area (Å²) in [6.07, 6.45) is 1.62. The van der Waals surface area contributed by atoms with Crippen molar-refractivity contribution in [2.45, 2.75) is 39.2 Å². The number of amides is 1. The first-order valence-electron chi connectivity index (χ1n) is 11.1. The van der Waals surface area contributed by atoms with Crippen LogP contribution < -0.4 is 11.5 Å². The summed E-state index contributed by atoms with van der Waals surface area (Å²) in [5.74, 6) is -0.629. The number of nitrogens with two attached hydrogens (primary N) is 2. The van der Waals surface area contributed by atoms with Crippen LogP contribution in [0.3, 0.4) is 0 Å². The van der Waals surface area contributed by atoms with Crippen molar-refractivity contribution in [2.75, 3.05) is 5.73 Å². The molecule has 186 valence electrons. The second-order valence-corrected chi connectivity index (χ2v) is 9.50. The summed E-state index contributed by atoms with van der Waals surface area (Å²) in [6, 6.07) is 10.1. The lowest BCUT2D eigenvalue weighted by Gasteiger charge is -2.10. The number of carbonyl (C=O) groups excluding carboxylic acids is 2. The van der Waals surface area contributed by atoms with Gasteiger partial charge in [0, 0.05) is 34.8 Å². The van der Waals surface area contributed by atoms with Crippen LogP contribution in [0.25, 0.3) is 22.6 Å². The second-order valence-electron chi connectivity index (χ2n) is 8.66. The number of Topliss-reactive ketones (excluding diaryl/α,β-unsaturated/α-hetero) is 1. The number of benzene rings is 1. The number of hydrogen-bond donors (Lipinski definition) is 2. The predicted molar refractivity (Wildman–Crippen MR) is 138 cm³/mol. The lowest BCUT2D eigenvalue weighted by molar-refractivity contribution is -0.119. The zero-order chi connectivity index (χ0) is 26.1. The van der Waals surface area contributed by atoms with E-state index in [0.29, 0.717) is 44.0 Å². The van der Waals surface area contributed by atoms with Gasteiger partial charge in [0.05, 0.1) is 17.1 Å². The lowest BCUT2D eigenvalue weighted by atomic mass is 9.95. The Balaban J connectivity index is 1.51. The van der Waals surface area contributed by atoms with Gasteiger partial charge in [0.1, 0.15) is 34.3 Å². The first-order valence-corrected chi connectivity index (χ1v) is 11.9. The molecule has 0 aliphatic heterocycles. The summed E-state index contributed by atoms with van der Waals surface area (Å²) in [7, 11) is 0. The highest BCUT2D eigenvalue weighted by Gasteiger charge is 2.24. The van der Waals surface area contributed by atoms with E-state index in [1.807, 2.05) is 13.8 Å². The molecular weight excluding hydrogens is 503 g/mol. The fraction of sp³-hybridized carbons (Fsp3) is 0.240. The largest absolute Gasteiger partial charge is 0.383 e. The average Bonchev–Trinajstić information content (AvgIpc) is 3.43. The molecule has 0 fully saturated rings. The second kappa shape index (κ2) is 10.1. The number of carbonyl (C=O) groups is 2. The summed E-state index contributed by atoms with van der Waals surface area (Å²) in [5, 5.41) is 9.41.